The maximum Gasteiger partial charge on any atom is 0.269 e. The molecule has 7 heteroatoms. The smallest absolute Gasteiger partial charge is 0.269 e. The van der Waals surface area contributed by atoms with E-state index in [0.717, 1.165) is 43.9 Å². The Kier molecular flexibility index (Phi) is 4.55. The lowest BCUT2D eigenvalue weighted by Crippen LogP contribution is -2.45. The molecule has 1 N–H and O–H groups in total. The molecule has 0 unspecified atom stereocenters. The molecule has 3 heterocycles. The van der Waals surface area contributed by atoms with Crippen molar-refractivity contribution in [1.29, 1.82) is 0 Å². The molecule has 0 saturated carbocycles. The Morgan fingerprint density at radius 1 is 1.30 bits per heavy atom. The molecular weight excluding hydrogens is 292 g/mol. The van der Waals surface area contributed by atoms with E-state index in [9.17, 15) is 4.79 Å². The van der Waals surface area contributed by atoms with Gasteiger partial charge in [0.1, 0.15) is 5.69 Å². The fraction of sp³-hybridized carbons (Fsp3) is 0.500. The van der Waals surface area contributed by atoms with Crippen molar-refractivity contribution >= 4 is 11.9 Å². The predicted molar refractivity (Wildman–Crippen MR) is 87.3 cm³/mol. The lowest BCUT2D eigenvalue weighted by molar-refractivity contribution is 0.0921. The van der Waals surface area contributed by atoms with E-state index in [2.05, 4.69) is 32.2 Å². The van der Waals surface area contributed by atoms with Crippen LogP contribution in [0.2, 0.25) is 0 Å². The first-order valence-electron chi connectivity index (χ1n) is 8.02. The average Bonchev–Trinajstić information content (AvgIpc) is 3.02. The molecule has 2 aromatic rings. The molecule has 0 spiro atoms. The molecule has 0 radical (unpaired) electrons. The van der Waals surface area contributed by atoms with Crippen LogP contribution in [-0.2, 0) is 13.5 Å². The second-order valence-corrected chi connectivity index (χ2v) is 5.82. The predicted octanol–water partition coefficient (Wildman–Crippen LogP) is 1.17. The number of nitrogens with zero attached hydrogens (tertiary/aromatic N) is 5. The summed E-state index contributed by atoms with van der Waals surface area (Å²) in [6.07, 6.45) is 8.14. The van der Waals surface area contributed by atoms with Crippen molar-refractivity contribution < 1.29 is 4.79 Å². The summed E-state index contributed by atoms with van der Waals surface area (Å²) in [6, 6.07) is 1.91. The number of rotatable bonds is 4. The van der Waals surface area contributed by atoms with Gasteiger partial charge in [-0.3, -0.25) is 9.48 Å². The Morgan fingerprint density at radius 2 is 2.00 bits per heavy atom. The van der Waals surface area contributed by atoms with Crippen molar-refractivity contribution in [2.75, 3.05) is 18.0 Å². The number of aryl methyl sites for hydroxylation is 2. The van der Waals surface area contributed by atoms with Gasteiger partial charge in [-0.1, -0.05) is 6.92 Å². The van der Waals surface area contributed by atoms with Crippen LogP contribution in [0, 0.1) is 0 Å². The van der Waals surface area contributed by atoms with Gasteiger partial charge in [0, 0.05) is 44.8 Å². The van der Waals surface area contributed by atoms with Crippen molar-refractivity contribution in [1.82, 2.24) is 25.1 Å². The third-order valence-electron chi connectivity index (χ3n) is 4.27. The molecule has 23 heavy (non-hydrogen) atoms. The average molecular weight is 314 g/mol. The minimum atomic E-state index is -0.0630. The molecule has 3 rings (SSSR count). The van der Waals surface area contributed by atoms with Crippen LogP contribution in [0.25, 0.3) is 0 Å². The Morgan fingerprint density at radius 3 is 2.57 bits per heavy atom. The van der Waals surface area contributed by atoms with Crippen LogP contribution >= 0.6 is 0 Å². The van der Waals surface area contributed by atoms with Gasteiger partial charge < -0.3 is 10.2 Å². The molecule has 1 aliphatic heterocycles. The fourth-order valence-electron chi connectivity index (χ4n) is 2.77. The van der Waals surface area contributed by atoms with Gasteiger partial charge in [-0.25, -0.2) is 9.97 Å². The second kappa shape index (κ2) is 6.76. The highest BCUT2D eigenvalue weighted by atomic mass is 16.2. The number of amides is 1. The lowest BCUT2D eigenvalue weighted by Gasteiger charge is -2.32. The van der Waals surface area contributed by atoms with Crippen LogP contribution < -0.4 is 10.2 Å². The van der Waals surface area contributed by atoms with E-state index in [1.54, 1.807) is 24.0 Å². The number of carbonyl (C=O) groups excluding carboxylic acids is 1. The highest BCUT2D eigenvalue weighted by Crippen LogP contribution is 2.16. The van der Waals surface area contributed by atoms with Gasteiger partial charge in [-0.2, -0.15) is 5.10 Å². The van der Waals surface area contributed by atoms with Gasteiger partial charge in [0.2, 0.25) is 5.95 Å². The van der Waals surface area contributed by atoms with Crippen LogP contribution in [0.5, 0.6) is 0 Å². The van der Waals surface area contributed by atoms with Gasteiger partial charge in [0.15, 0.2) is 0 Å². The zero-order valence-corrected chi connectivity index (χ0v) is 13.6. The summed E-state index contributed by atoms with van der Waals surface area (Å²) >= 11 is 0. The topological polar surface area (TPSA) is 75.9 Å². The molecule has 0 atom stereocenters. The fourth-order valence-corrected chi connectivity index (χ4v) is 2.77. The number of hydrogen-bond donors (Lipinski definition) is 1. The summed E-state index contributed by atoms with van der Waals surface area (Å²) in [7, 11) is 1.77. The van der Waals surface area contributed by atoms with Crippen LogP contribution in [0.1, 0.15) is 35.8 Å². The monoisotopic (exact) mass is 314 g/mol. The maximum absolute atomic E-state index is 12.2. The van der Waals surface area contributed by atoms with E-state index in [0.29, 0.717) is 5.69 Å². The molecule has 1 saturated heterocycles. The first kappa shape index (κ1) is 15.5. The number of aromatic nitrogens is 4. The summed E-state index contributed by atoms with van der Waals surface area (Å²) in [6.45, 7) is 3.79. The van der Waals surface area contributed by atoms with Gasteiger partial charge in [0.05, 0.1) is 0 Å². The van der Waals surface area contributed by atoms with E-state index >= 15 is 0 Å². The van der Waals surface area contributed by atoms with Crippen molar-refractivity contribution in [2.24, 2.45) is 7.05 Å². The Balaban J connectivity index is 1.54. The number of carbonyl (C=O) groups is 1. The number of piperidine rings is 1. The second-order valence-electron chi connectivity index (χ2n) is 5.82. The molecule has 0 bridgehead atoms. The van der Waals surface area contributed by atoms with Crippen LogP contribution in [-0.4, -0.2) is 44.8 Å². The molecular formula is C16H22N6O. The van der Waals surface area contributed by atoms with Gasteiger partial charge >= 0.3 is 0 Å². The molecule has 0 aromatic carbocycles. The van der Waals surface area contributed by atoms with Crippen molar-refractivity contribution in [2.45, 2.75) is 32.2 Å². The minimum Gasteiger partial charge on any atom is -0.348 e. The molecule has 0 aliphatic carbocycles. The third-order valence-corrected chi connectivity index (χ3v) is 4.27. The summed E-state index contributed by atoms with van der Waals surface area (Å²) in [5.41, 5.74) is 1.73. The first-order chi connectivity index (χ1) is 11.2. The highest BCUT2D eigenvalue weighted by Gasteiger charge is 2.23. The highest BCUT2D eigenvalue weighted by molar-refractivity contribution is 5.92. The van der Waals surface area contributed by atoms with Crippen LogP contribution in [0.4, 0.5) is 5.95 Å². The molecule has 1 amide bonds. The number of anilines is 1. The van der Waals surface area contributed by atoms with E-state index in [1.165, 1.54) is 0 Å². The number of nitrogens with one attached hydrogen (secondary N) is 1. The van der Waals surface area contributed by atoms with E-state index in [-0.39, 0.29) is 11.9 Å². The SMILES string of the molecule is CCc1cnc(N2CCC(NC(=O)c3ccnn3C)CC2)nc1. The number of hydrogen-bond acceptors (Lipinski definition) is 5. The van der Waals surface area contributed by atoms with Crippen LogP contribution in [0.15, 0.2) is 24.7 Å². The Labute approximate surface area is 135 Å². The Bertz CT molecular complexity index is 657. The largest absolute Gasteiger partial charge is 0.348 e. The summed E-state index contributed by atoms with van der Waals surface area (Å²) in [5, 5.41) is 7.11. The first-order valence-corrected chi connectivity index (χ1v) is 8.02. The lowest BCUT2D eigenvalue weighted by atomic mass is 10.1. The summed E-state index contributed by atoms with van der Waals surface area (Å²) < 4.78 is 1.59. The maximum atomic E-state index is 12.2. The van der Waals surface area contributed by atoms with Crippen molar-refractivity contribution in [3.8, 4) is 0 Å². The van der Waals surface area contributed by atoms with Gasteiger partial charge in [0.25, 0.3) is 5.91 Å². The molecule has 2 aromatic heterocycles. The quantitative estimate of drug-likeness (QED) is 0.917. The standard InChI is InChI=1S/C16H22N6O/c1-3-12-10-17-16(18-11-12)22-8-5-13(6-9-22)20-15(23)14-4-7-19-21(14)2/h4,7,10-11,13H,3,5-6,8-9H2,1-2H3,(H,20,23). The van der Waals surface area contributed by atoms with E-state index in [4.69, 9.17) is 0 Å². The molecule has 1 aliphatic rings. The molecule has 122 valence electrons. The van der Waals surface area contributed by atoms with E-state index < -0.39 is 0 Å². The van der Waals surface area contributed by atoms with Gasteiger partial charge in [-0.15, -0.1) is 0 Å². The van der Waals surface area contributed by atoms with Gasteiger partial charge in [-0.05, 0) is 30.9 Å². The summed E-state index contributed by atoms with van der Waals surface area (Å²) in [5.74, 6) is 0.714. The Hall–Kier alpha value is -2.44. The normalized spacial score (nSPS) is 15.7. The molecule has 7 nitrogen and oxygen atoms in total. The summed E-state index contributed by atoms with van der Waals surface area (Å²) in [4.78, 5) is 23.2. The van der Waals surface area contributed by atoms with Crippen molar-refractivity contribution in [3.63, 3.8) is 0 Å². The minimum absolute atomic E-state index is 0.0630. The zero-order valence-electron chi connectivity index (χ0n) is 13.6. The molecule has 1 fully saturated rings. The van der Waals surface area contributed by atoms with E-state index in [1.807, 2.05) is 12.4 Å². The zero-order chi connectivity index (χ0) is 16.2. The van der Waals surface area contributed by atoms with Crippen LogP contribution in [0.3, 0.4) is 0 Å². The third kappa shape index (κ3) is 3.49. The van der Waals surface area contributed by atoms with Crippen molar-refractivity contribution in [3.05, 3.63) is 35.9 Å².